The quantitative estimate of drug-likeness (QED) is 0.630. The third-order valence-corrected chi connectivity index (χ3v) is 3.92. The maximum absolute atomic E-state index is 14.0. The Labute approximate surface area is 156 Å². The van der Waals surface area contributed by atoms with E-state index < -0.39 is 16.6 Å². The number of pyridine rings is 1. The lowest BCUT2D eigenvalue weighted by molar-refractivity contribution is -0.114. The molecule has 0 spiro atoms. The predicted molar refractivity (Wildman–Crippen MR) is 94.3 cm³/mol. The molecule has 3 aromatic rings. The van der Waals surface area contributed by atoms with E-state index >= 15 is 0 Å². The molecule has 0 radical (unpaired) electrons. The number of amides is 1. The molecule has 0 atom stereocenters. The van der Waals surface area contributed by atoms with Crippen LogP contribution < -0.4 is 5.32 Å². The zero-order valence-electron chi connectivity index (χ0n) is 12.3. The smallest absolute Gasteiger partial charge is 0.257 e. The van der Waals surface area contributed by atoms with Crippen molar-refractivity contribution in [2.45, 2.75) is 4.84 Å². The second-order valence-corrected chi connectivity index (χ2v) is 6.40. The fourth-order valence-corrected chi connectivity index (χ4v) is 2.47. The molecule has 3 rings (SSSR count). The van der Waals surface area contributed by atoms with Crippen molar-refractivity contribution in [3.8, 4) is 22.7 Å². The fraction of sp³-hybridized carbons (Fsp3) is 0.0625. The van der Waals surface area contributed by atoms with Gasteiger partial charge in [-0.1, -0.05) is 46.0 Å². The number of benzene rings is 1. The molecule has 2 heterocycles. The minimum absolute atomic E-state index is 0.135. The van der Waals surface area contributed by atoms with E-state index in [1.807, 2.05) is 0 Å². The van der Waals surface area contributed by atoms with Crippen molar-refractivity contribution in [2.75, 3.05) is 5.32 Å². The van der Waals surface area contributed by atoms with Crippen LogP contribution in [0.1, 0.15) is 0 Å². The summed E-state index contributed by atoms with van der Waals surface area (Å²) in [6.45, 7) is 0. The van der Waals surface area contributed by atoms with Crippen LogP contribution in [-0.4, -0.2) is 20.9 Å². The summed E-state index contributed by atoms with van der Waals surface area (Å²) in [6.07, 6.45) is 1.46. The number of nitrogens with zero attached hydrogens (tertiary/aromatic N) is 2. The van der Waals surface area contributed by atoms with Gasteiger partial charge in [-0.25, -0.2) is 4.39 Å². The number of alkyl halides is 2. The van der Waals surface area contributed by atoms with Crippen LogP contribution in [0.3, 0.4) is 0 Å². The Balaban J connectivity index is 1.92. The topological polar surface area (TPSA) is 68.0 Å². The van der Waals surface area contributed by atoms with Gasteiger partial charge in [0.15, 0.2) is 10.6 Å². The first-order valence-electron chi connectivity index (χ1n) is 6.92. The van der Waals surface area contributed by atoms with Crippen LogP contribution in [0.25, 0.3) is 22.7 Å². The number of carbonyl (C=O) groups is 1. The first kappa shape index (κ1) is 17.7. The Hall–Kier alpha value is -2.15. The summed E-state index contributed by atoms with van der Waals surface area (Å²) in [5.41, 5.74) is 1.17. The highest BCUT2D eigenvalue weighted by molar-refractivity contribution is 6.54. The van der Waals surface area contributed by atoms with E-state index in [1.54, 1.807) is 18.2 Å². The van der Waals surface area contributed by atoms with Crippen LogP contribution >= 0.6 is 34.8 Å². The summed E-state index contributed by atoms with van der Waals surface area (Å²) < 4.78 is 19.2. The molecule has 5 nitrogen and oxygen atoms in total. The van der Waals surface area contributed by atoms with Crippen LogP contribution in [-0.2, 0) is 4.79 Å². The predicted octanol–water partition coefficient (Wildman–Crippen LogP) is 4.94. The van der Waals surface area contributed by atoms with Gasteiger partial charge in [-0.3, -0.25) is 9.78 Å². The molecule has 25 heavy (non-hydrogen) atoms. The van der Waals surface area contributed by atoms with Crippen molar-refractivity contribution in [2.24, 2.45) is 0 Å². The molecule has 1 N–H and O–H groups in total. The second kappa shape index (κ2) is 7.39. The highest BCUT2D eigenvalue weighted by Crippen LogP contribution is 2.32. The van der Waals surface area contributed by atoms with Gasteiger partial charge in [-0.05, 0) is 24.3 Å². The average molecular weight is 401 g/mol. The zero-order valence-corrected chi connectivity index (χ0v) is 14.6. The van der Waals surface area contributed by atoms with Gasteiger partial charge < -0.3 is 9.84 Å². The van der Waals surface area contributed by atoms with Gasteiger partial charge in [-0.2, -0.15) is 0 Å². The molecule has 0 saturated carbocycles. The number of anilines is 1. The minimum atomic E-state index is -1.20. The highest BCUT2D eigenvalue weighted by atomic mass is 35.5. The summed E-state index contributed by atoms with van der Waals surface area (Å²) in [6, 6.07) is 8.93. The average Bonchev–Trinajstić information content (AvgIpc) is 3.04. The molecule has 9 heteroatoms. The van der Waals surface area contributed by atoms with Gasteiger partial charge >= 0.3 is 0 Å². The lowest BCUT2D eigenvalue weighted by atomic mass is 10.1. The molecule has 0 aliphatic carbocycles. The third kappa shape index (κ3) is 3.92. The molecule has 0 aliphatic rings. The van der Waals surface area contributed by atoms with Gasteiger partial charge in [-0.15, -0.1) is 0 Å². The number of carbonyl (C=O) groups excluding carboxylic acids is 1. The first-order chi connectivity index (χ1) is 12.0. The fourth-order valence-electron chi connectivity index (χ4n) is 2.10. The van der Waals surface area contributed by atoms with E-state index in [2.05, 4.69) is 15.5 Å². The number of hydrogen-bond acceptors (Lipinski definition) is 4. The molecule has 0 bridgehead atoms. The van der Waals surface area contributed by atoms with Crippen LogP contribution in [0.15, 0.2) is 47.1 Å². The van der Waals surface area contributed by atoms with Crippen molar-refractivity contribution in [3.63, 3.8) is 0 Å². The van der Waals surface area contributed by atoms with Crippen molar-refractivity contribution in [1.82, 2.24) is 10.1 Å². The van der Waals surface area contributed by atoms with Crippen molar-refractivity contribution in [1.29, 1.82) is 0 Å². The van der Waals surface area contributed by atoms with Gasteiger partial charge in [0, 0.05) is 18.0 Å². The zero-order chi connectivity index (χ0) is 18.0. The van der Waals surface area contributed by atoms with E-state index in [1.165, 1.54) is 24.4 Å². The van der Waals surface area contributed by atoms with E-state index in [4.69, 9.17) is 39.3 Å². The lowest BCUT2D eigenvalue weighted by Crippen LogP contribution is -2.18. The normalized spacial score (nSPS) is 10.9. The number of aromatic nitrogens is 2. The Kier molecular flexibility index (Phi) is 5.22. The highest BCUT2D eigenvalue weighted by Gasteiger charge is 2.17. The maximum Gasteiger partial charge on any atom is 0.257 e. The van der Waals surface area contributed by atoms with Gasteiger partial charge in [0.05, 0.1) is 10.6 Å². The second-order valence-electron chi connectivity index (χ2n) is 4.89. The van der Waals surface area contributed by atoms with Crippen LogP contribution in [0.4, 0.5) is 10.1 Å². The van der Waals surface area contributed by atoms with Crippen molar-refractivity contribution >= 4 is 46.4 Å². The Morgan fingerprint density at radius 1 is 1.20 bits per heavy atom. The summed E-state index contributed by atoms with van der Waals surface area (Å²) in [5, 5.41) is 6.57. The number of halogens is 4. The Morgan fingerprint density at radius 3 is 2.72 bits per heavy atom. The molecular weight excluding hydrogens is 392 g/mol. The molecule has 0 unspecified atom stereocenters. The molecule has 1 amide bonds. The monoisotopic (exact) mass is 399 g/mol. The van der Waals surface area contributed by atoms with Crippen molar-refractivity contribution < 1.29 is 13.7 Å². The first-order valence-corrected chi connectivity index (χ1v) is 8.17. The molecule has 1 aromatic carbocycles. The van der Waals surface area contributed by atoms with Gasteiger partial charge in [0.25, 0.3) is 5.91 Å². The third-order valence-electron chi connectivity index (χ3n) is 3.21. The molecule has 128 valence electrons. The van der Waals surface area contributed by atoms with Gasteiger partial charge in [0.2, 0.25) is 0 Å². The summed E-state index contributed by atoms with van der Waals surface area (Å²) in [5.74, 6) is -0.813. The number of hydrogen-bond donors (Lipinski definition) is 1. The number of rotatable bonds is 4. The molecule has 0 saturated heterocycles. The largest absolute Gasteiger partial charge is 0.354 e. The number of nitrogens with one attached hydrogen (secondary N) is 1. The Morgan fingerprint density at radius 2 is 2.00 bits per heavy atom. The Bertz CT molecular complexity index is 910. The summed E-state index contributed by atoms with van der Waals surface area (Å²) >= 11 is 17.0. The summed E-state index contributed by atoms with van der Waals surface area (Å²) in [7, 11) is 0. The summed E-state index contributed by atoms with van der Waals surface area (Å²) in [4.78, 5) is 14.5. The maximum atomic E-state index is 14.0. The van der Waals surface area contributed by atoms with Crippen LogP contribution in [0.5, 0.6) is 0 Å². The van der Waals surface area contributed by atoms with E-state index in [-0.39, 0.29) is 22.0 Å². The minimum Gasteiger partial charge on any atom is -0.354 e. The standard InChI is InChI=1S/C16H9Cl3FN3O2/c17-9-2-1-3-10(20)14(9)12-7-13(25-23-12)11-6-8(4-5-21-11)22-16(24)15(18)19/h1-7,15H,(H,21,22,24). The molecule has 0 aliphatic heterocycles. The van der Waals surface area contributed by atoms with E-state index in [0.29, 0.717) is 11.4 Å². The molecule has 0 fully saturated rings. The molecule has 2 aromatic heterocycles. The van der Waals surface area contributed by atoms with Crippen LogP contribution in [0.2, 0.25) is 5.02 Å². The van der Waals surface area contributed by atoms with E-state index in [0.717, 1.165) is 0 Å². The van der Waals surface area contributed by atoms with Crippen LogP contribution in [0, 0.1) is 5.82 Å². The molecular formula is C16H9Cl3FN3O2. The SMILES string of the molecule is O=C(Nc1ccnc(-c2cc(-c3c(F)cccc3Cl)no2)c1)C(Cl)Cl. The van der Waals surface area contributed by atoms with Crippen molar-refractivity contribution in [3.05, 3.63) is 53.4 Å². The van der Waals surface area contributed by atoms with Gasteiger partial charge in [0.1, 0.15) is 17.2 Å². The van der Waals surface area contributed by atoms with E-state index in [9.17, 15) is 9.18 Å². The lowest BCUT2D eigenvalue weighted by Gasteiger charge is -2.05.